The zero-order valence-corrected chi connectivity index (χ0v) is 22.2. The Labute approximate surface area is 215 Å². The molecule has 3 nitrogen and oxygen atoms in total. The van der Waals surface area contributed by atoms with Crippen molar-refractivity contribution >= 4 is 44.7 Å². The molecule has 0 unspecified atom stereocenters. The summed E-state index contributed by atoms with van der Waals surface area (Å²) in [7, 11) is 0. The first kappa shape index (κ1) is 26.1. The summed E-state index contributed by atoms with van der Waals surface area (Å²) in [5.41, 5.74) is 3.33. The van der Waals surface area contributed by atoms with Crippen LogP contribution in [-0.4, -0.2) is 5.78 Å². The maximum atomic E-state index is 13.1. The molecule has 1 aromatic carbocycles. The first-order valence-corrected chi connectivity index (χ1v) is 13.9. The minimum Gasteiger partial charge on any atom is -0.289 e. The van der Waals surface area contributed by atoms with Crippen molar-refractivity contribution in [3.63, 3.8) is 0 Å². The third kappa shape index (κ3) is 6.56. The molecule has 176 valence electrons. The zero-order chi connectivity index (χ0) is 24.3. The van der Waals surface area contributed by atoms with Crippen molar-refractivity contribution in [3.8, 4) is 12.1 Å². The summed E-state index contributed by atoms with van der Waals surface area (Å²) in [6, 6.07) is 13.3. The molecule has 0 spiro atoms. The molecule has 0 aliphatic heterocycles. The SMILES string of the molecule is CCCCCCCCCCCCc1cc(/C=C2\C(=O)c3ccccc3C2=C(C#N)C#N)sc1Br. The van der Waals surface area contributed by atoms with Gasteiger partial charge in [-0.2, -0.15) is 10.5 Å². The summed E-state index contributed by atoms with van der Waals surface area (Å²) in [6.07, 6.45) is 16.0. The van der Waals surface area contributed by atoms with Gasteiger partial charge in [-0.15, -0.1) is 11.3 Å². The van der Waals surface area contributed by atoms with Crippen molar-refractivity contribution in [1.29, 1.82) is 10.5 Å². The molecule has 0 N–H and O–H groups in total. The number of allylic oxidation sites excluding steroid dienone is 3. The van der Waals surface area contributed by atoms with E-state index in [0.717, 1.165) is 21.5 Å². The van der Waals surface area contributed by atoms with Crippen LogP contribution in [0.15, 0.2) is 45.3 Å². The number of ketones is 1. The Bertz CT molecular complexity index is 1140. The van der Waals surface area contributed by atoms with Crippen LogP contribution in [-0.2, 0) is 6.42 Å². The number of nitrogens with zero attached hydrogens (tertiary/aromatic N) is 2. The number of halogens is 1. The van der Waals surface area contributed by atoms with Gasteiger partial charge in [0.2, 0.25) is 0 Å². The fraction of sp³-hybridized carbons (Fsp3) is 0.414. The summed E-state index contributed by atoms with van der Waals surface area (Å²) in [5.74, 6) is -0.130. The normalized spacial score (nSPS) is 13.7. The van der Waals surface area contributed by atoms with Crippen molar-refractivity contribution in [2.24, 2.45) is 0 Å². The highest BCUT2D eigenvalue weighted by molar-refractivity contribution is 9.11. The van der Waals surface area contributed by atoms with E-state index in [0.29, 0.717) is 22.3 Å². The lowest BCUT2D eigenvalue weighted by molar-refractivity contribution is 0.104. The van der Waals surface area contributed by atoms with Crippen LogP contribution in [0.4, 0.5) is 0 Å². The molecule has 0 saturated carbocycles. The molecule has 1 heterocycles. The van der Waals surface area contributed by atoms with Crippen LogP contribution in [0.3, 0.4) is 0 Å². The van der Waals surface area contributed by atoms with Crippen LogP contribution in [0.5, 0.6) is 0 Å². The average molecular weight is 536 g/mol. The van der Waals surface area contributed by atoms with Gasteiger partial charge in [0.15, 0.2) is 5.78 Å². The Morgan fingerprint density at radius 3 is 2.15 bits per heavy atom. The van der Waals surface area contributed by atoms with Crippen molar-refractivity contribution in [2.75, 3.05) is 0 Å². The molecule has 1 aliphatic carbocycles. The minimum absolute atomic E-state index is 0.0224. The fourth-order valence-electron chi connectivity index (χ4n) is 4.46. The Kier molecular flexibility index (Phi) is 10.3. The van der Waals surface area contributed by atoms with E-state index >= 15 is 0 Å². The van der Waals surface area contributed by atoms with Gasteiger partial charge in [0.25, 0.3) is 0 Å². The van der Waals surface area contributed by atoms with E-state index in [-0.39, 0.29) is 11.4 Å². The van der Waals surface area contributed by atoms with E-state index in [9.17, 15) is 15.3 Å². The molecule has 0 saturated heterocycles. The first-order valence-electron chi connectivity index (χ1n) is 12.3. The summed E-state index contributed by atoms with van der Waals surface area (Å²) in [5, 5.41) is 19.0. The van der Waals surface area contributed by atoms with Gasteiger partial charge >= 0.3 is 0 Å². The number of rotatable bonds is 12. The van der Waals surface area contributed by atoms with Gasteiger partial charge in [0, 0.05) is 21.6 Å². The molecule has 0 radical (unpaired) electrons. The van der Waals surface area contributed by atoms with Gasteiger partial charge in [0.05, 0.1) is 3.79 Å². The number of hydrogen-bond acceptors (Lipinski definition) is 4. The number of Topliss-reactive ketones (excluding diaryl/α,β-unsaturated/α-hetero) is 1. The Balaban J connectivity index is 1.62. The highest BCUT2D eigenvalue weighted by Gasteiger charge is 2.32. The molecule has 0 fully saturated rings. The maximum Gasteiger partial charge on any atom is 0.194 e. The average Bonchev–Trinajstić information content (AvgIpc) is 3.33. The summed E-state index contributed by atoms with van der Waals surface area (Å²) in [6.45, 7) is 2.26. The number of benzene rings is 1. The topological polar surface area (TPSA) is 64.7 Å². The molecular weight excluding hydrogens is 504 g/mol. The van der Waals surface area contributed by atoms with Crippen LogP contribution in [0.2, 0.25) is 0 Å². The van der Waals surface area contributed by atoms with Crippen molar-refractivity contribution in [1.82, 2.24) is 0 Å². The number of unbranched alkanes of at least 4 members (excludes halogenated alkanes) is 9. The van der Waals surface area contributed by atoms with E-state index in [1.165, 1.54) is 63.4 Å². The van der Waals surface area contributed by atoms with E-state index in [1.54, 1.807) is 23.5 Å². The van der Waals surface area contributed by atoms with Gasteiger partial charge < -0.3 is 0 Å². The Morgan fingerprint density at radius 2 is 1.53 bits per heavy atom. The first-order chi connectivity index (χ1) is 16.6. The third-order valence-electron chi connectivity index (χ3n) is 6.29. The van der Waals surface area contributed by atoms with Crippen LogP contribution < -0.4 is 0 Å². The zero-order valence-electron chi connectivity index (χ0n) is 19.8. The number of hydrogen-bond donors (Lipinski definition) is 0. The van der Waals surface area contributed by atoms with Crippen LogP contribution in [0.1, 0.15) is 97.5 Å². The second-order valence-corrected chi connectivity index (χ2v) is 11.2. The van der Waals surface area contributed by atoms with Gasteiger partial charge in [-0.25, -0.2) is 0 Å². The van der Waals surface area contributed by atoms with Gasteiger partial charge in [-0.1, -0.05) is 89.0 Å². The Hall–Kier alpha value is -2.47. The smallest absolute Gasteiger partial charge is 0.194 e. The number of nitriles is 2. The quantitative estimate of drug-likeness (QED) is 0.155. The minimum atomic E-state index is -0.130. The predicted octanol–water partition coefficient (Wildman–Crippen LogP) is 9.05. The van der Waals surface area contributed by atoms with E-state index in [1.807, 2.05) is 30.3 Å². The molecule has 34 heavy (non-hydrogen) atoms. The summed E-state index contributed by atoms with van der Waals surface area (Å²) in [4.78, 5) is 14.0. The number of aryl methyl sites for hydroxylation is 1. The predicted molar refractivity (Wildman–Crippen MR) is 144 cm³/mol. The fourth-order valence-corrected chi connectivity index (χ4v) is 6.21. The third-order valence-corrected chi connectivity index (χ3v) is 8.20. The number of fused-ring (bicyclic) bond motifs is 1. The van der Waals surface area contributed by atoms with Gasteiger partial charge in [-0.3, -0.25) is 4.79 Å². The molecule has 0 amide bonds. The summed E-state index contributed by atoms with van der Waals surface area (Å²) >= 11 is 5.28. The van der Waals surface area contributed by atoms with E-state index in [2.05, 4.69) is 28.9 Å². The van der Waals surface area contributed by atoms with E-state index < -0.39 is 0 Å². The number of carbonyl (C=O) groups is 1. The van der Waals surface area contributed by atoms with Crippen LogP contribution in [0.25, 0.3) is 11.6 Å². The monoisotopic (exact) mass is 534 g/mol. The highest BCUT2D eigenvalue weighted by atomic mass is 79.9. The molecule has 2 aromatic rings. The van der Waals surface area contributed by atoms with Crippen molar-refractivity contribution in [3.05, 3.63) is 66.8 Å². The molecule has 3 rings (SSSR count). The number of carbonyl (C=O) groups excluding carboxylic acids is 1. The van der Waals surface area contributed by atoms with Crippen LogP contribution >= 0.6 is 27.3 Å². The lowest BCUT2D eigenvalue weighted by atomic mass is 9.99. The second-order valence-electron chi connectivity index (χ2n) is 8.79. The van der Waals surface area contributed by atoms with Gasteiger partial charge in [0.1, 0.15) is 17.7 Å². The molecule has 1 aliphatic rings. The van der Waals surface area contributed by atoms with Crippen LogP contribution in [0, 0.1) is 22.7 Å². The lowest BCUT2D eigenvalue weighted by Crippen LogP contribution is -1.95. The molecule has 0 bridgehead atoms. The second kappa shape index (κ2) is 13.4. The molecule has 0 atom stereocenters. The van der Waals surface area contributed by atoms with Crippen molar-refractivity contribution in [2.45, 2.75) is 77.6 Å². The molecule has 5 heteroatoms. The highest BCUT2D eigenvalue weighted by Crippen LogP contribution is 2.41. The largest absolute Gasteiger partial charge is 0.289 e. The lowest BCUT2D eigenvalue weighted by Gasteiger charge is -2.02. The number of thiophene rings is 1. The van der Waals surface area contributed by atoms with Gasteiger partial charge in [-0.05, 0) is 52.0 Å². The maximum absolute atomic E-state index is 13.1. The van der Waals surface area contributed by atoms with Crippen molar-refractivity contribution < 1.29 is 4.79 Å². The van der Waals surface area contributed by atoms with E-state index in [4.69, 9.17) is 0 Å². The molecular formula is C29H31BrN2OS. The molecule has 1 aromatic heterocycles. The Morgan fingerprint density at radius 1 is 0.941 bits per heavy atom. The summed E-state index contributed by atoms with van der Waals surface area (Å²) < 4.78 is 1.09. The standard InChI is InChI=1S/C29H31BrN2OS/c1-2-3-4-5-6-7-8-9-10-11-14-21-17-23(34-29(21)30)18-26-27(22(19-31)20-32)24-15-12-13-16-25(24)28(26)33/h12-13,15-18H,2-11,14H2,1H3/b26-18-.